The molecule has 0 fully saturated rings. The molecule has 22 heavy (non-hydrogen) atoms. The molecule has 1 aliphatic rings. The second-order valence-electron chi connectivity index (χ2n) is 4.92. The summed E-state index contributed by atoms with van der Waals surface area (Å²) in [5.74, 6) is 0.786. The van der Waals surface area contributed by atoms with E-state index in [9.17, 15) is 0 Å². The first-order valence-corrected chi connectivity index (χ1v) is 7.43. The van der Waals surface area contributed by atoms with Crippen molar-refractivity contribution in [2.24, 2.45) is 5.16 Å². The van der Waals surface area contributed by atoms with E-state index in [1.807, 2.05) is 42.5 Å². The van der Waals surface area contributed by atoms with Gasteiger partial charge in [-0.3, -0.25) is 4.98 Å². The number of benzene rings is 1. The van der Waals surface area contributed by atoms with E-state index < -0.39 is 0 Å². The lowest BCUT2D eigenvalue weighted by atomic mass is 10.1. The molecule has 0 bridgehead atoms. The fraction of sp³-hybridized carbons (Fsp3) is 0.250. The summed E-state index contributed by atoms with van der Waals surface area (Å²) >= 11 is 5.47. The van der Waals surface area contributed by atoms with Gasteiger partial charge in [0.2, 0.25) is 0 Å². The Morgan fingerprint density at radius 1 is 1.23 bits per heavy atom. The van der Waals surface area contributed by atoms with Gasteiger partial charge < -0.3 is 9.57 Å². The topological polar surface area (TPSA) is 55.7 Å². The number of nitrogens with zero attached hydrogens (tertiary/aromatic N) is 2. The number of oxime groups is 1. The molecule has 0 spiro atoms. The molecule has 2 heterocycles. The second-order valence-corrected chi connectivity index (χ2v) is 5.19. The van der Waals surface area contributed by atoms with Gasteiger partial charge in [-0.15, -0.1) is 0 Å². The number of ether oxygens (including phenoxy) is 1. The summed E-state index contributed by atoms with van der Waals surface area (Å²) in [5, 5.41) is 3.98. The maximum atomic E-state index is 5.91. The molecule has 1 N–H and O–H groups in total. The molecule has 0 radical (unpaired) electrons. The number of hydrogen-bond donors (Lipinski definition) is 1. The van der Waals surface area contributed by atoms with Gasteiger partial charge in [0.05, 0.1) is 18.0 Å². The van der Waals surface area contributed by atoms with Crippen molar-refractivity contribution in [1.29, 1.82) is 0 Å². The molecule has 3 rings (SSSR count). The first-order chi connectivity index (χ1) is 10.9. The van der Waals surface area contributed by atoms with Crippen LogP contribution in [0.15, 0.2) is 53.8 Å². The average molecular weight is 318 g/mol. The van der Waals surface area contributed by atoms with E-state index in [0.717, 1.165) is 22.7 Å². The van der Waals surface area contributed by atoms with Crippen LogP contribution in [0.2, 0.25) is 0 Å². The van der Waals surface area contributed by atoms with Gasteiger partial charge in [0.1, 0.15) is 12.4 Å². The minimum atomic E-state index is -0.0863. The minimum Gasteiger partial charge on any atom is -0.489 e. The Morgan fingerprint density at radius 3 is 2.91 bits per heavy atom. The largest absolute Gasteiger partial charge is 0.489 e. The molecule has 0 aliphatic carbocycles. The lowest BCUT2D eigenvalue weighted by molar-refractivity contribution is 0.0472. The zero-order valence-corrected chi connectivity index (χ0v) is 12.7. The standard InChI is InChI=1S/C16H16ClN3O2/c17-19-10-12-9-13(22-20-12)11-21-16-7-2-1-5-14(16)15-6-3-4-8-18-15/h1-8,13,19H,9-11H2. The molecule has 114 valence electrons. The van der Waals surface area contributed by atoms with E-state index in [2.05, 4.69) is 15.0 Å². The van der Waals surface area contributed by atoms with Crippen LogP contribution >= 0.6 is 11.8 Å². The smallest absolute Gasteiger partial charge is 0.166 e. The molecular weight excluding hydrogens is 302 g/mol. The fourth-order valence-corrected chi connectivity index (χ4v) is 2.42. The Hall–Kier alpha value is -2.11. The van der Waals surface area contributed by atoms with Crippen LogP contribution in [0.3, 0.4) is 0 Å². The molecule has 1 aromatic heterocycles. The van der Waals surface area contributed by atoms with Crippen LogP contribution in [-0.2, 0) is 4.84 Å². The van der Waals surface area contributed by atoms with Crippen molar-refractivity contribution in [3.63, 3.8) is 0 Å². The third-order valence-electron chi connectivity index (χ3n) is 3.32. The zero-order chi connectivity index (χ0) is 15.2. The molecule has 1 aromatic carbocycles. The third-order valence-corrected chi connectivity index (χ3v) is 3.45. The van der Waals surface area contributed by atoms with Gasteiger partial charge in [0, 0.05) is 18.2 Å². The van der Waals surface area contributed by atoms with Crippen molar-refractivity contribution >= 4 is 17.5 Å². The highest BCUT2D eigenvalue weighted by molar-refractivity contribution is 6.14. The van der Waals surface area contributed by atoms with Crippen molar-refractivity contribution in [3.8, 4) is 17.0 Å². The summed E-state index contributed by atoms with van der Waals surface area (Å²) in [6.45, 7) is 0.946. The Labute approximate surface area is 134 Å². The number of nitrogens with one attached hydrogen (secondary N) is 1. The number of pyridine rings is 1. The summed E-state index contributed by atoms with van der Waals surface area (Å²) in [6.07, 6.45) is 2.40. The van der Waals surface area contributed by atoms with Crippen LogP contribution in [0.1, 0.15) is 6.42 Å². The van der Waals surface area contributed by atoms with Gasteiger partial charge in [-0.2, -0.15) is 0 Å². The van der Waals surface area contributed by atoms with Gasteiger partial charge in [0.25, 0.3) is 0 Å². The first kappa shape index (κ1) is 14.8. The van der Waals surface area contributed by atoms with Gasteiger partial charge in [-0.05, 0) is 36.0 Å². The van der Waals surface area contributed by atoms with Crippen molar-refractivity contribution < 1.29 is 9.57 Å². The van der Waals surface area contributed by atoms with E-state index >= 15 is 0 Å². The van der Waals surface area contributed by atoms with Gasteiger partial charge >= 0.3 is 0 Å². The maximum absolute atomic E-state index is 5.91. The highest BCUT2D eigenvalue weighted by Gasteiger charge is 2.21. The first-order valence-electron chi connectivity index (χ1n) is 7.05. The summed E-state index contributed by atoms with van der Waals surface area (Å²) in [5.41, 5.74) is 2.74. The average Bonchev–Trinajstić information content (AvgIpc) is 3.02. The normalized spacial score (nSPS) is 17.0. The van der Waals surface area contributed by atoms with E-state index in [0.29, 0.717) is 19.6 Å². The van der Waals surface area contributed by atoms with E-state index in [4.69, 9.17) is 21.4 Å². The molecule has 5 nitrogen and oxygen atoms in total. The quantitative estimate of drug-likeness (QED) is 0.832. The maximum Gasteiger partial charge on any atom is 0.166 e. The Balaban J connectivity index is 1.65. The third kappa shape index (κ3) is 3.55. The van der Waals surface area contributed by atoms with Crippen LogP contribution in [0.25, 0.3) is 11.3 Å². The molecular formula is C16H16ClN3O2. The Morgan fingerprint density at radius 2 is 2.09 bits per heavy atom. The van der Waals surface area contributed by atoms with E-state index in [-0.39, 0.29) is 6.10 Å². The van der Waals surface area contributed by atoms with E-state index in [1.54, 1.807) is 6.20 Å². The molecule has 6 heteroatoms. The SMILES string of the molecule is ClNCC1=NOC(COc2ccccc2-c2ccccn2)C1. The predicted octanol–water partition coefficient (Wildman–Crippen LogP) is 3.02. The van der Waals surface area contributed by atoms with Crippen molar-refractivity contribution in [3.05, 3.63) is 48.7 Å². The van der Waals surface area contributed by atoms with Crippen molar-refractivity contribution in [2.75, 3.05) is 13.2 Å². The van der Waals surface area contributed by atoms with Gasteiger partial charge in [-0.1, -0.05) is 23.4 Å². The van der Waals surface area contributed by atoms with Crippen molar-refractivity contribution in [1.82, 2.24) is 9.82 Å². The summed E-state index contributed by atoms with van der Waals surface area (Å²) in [4.78, 5) is 12.3. The Kier molecular flexibility index (Phi) is 4.88. The van der Waals surface area contributed by atoms with Gasteiger partial charge in [0.15, 0.2) is 6.10 Å². The molecule has 2 aromatic rings. The molecule has 1 atom stereocenters. The summed E-state index contributed by atoms with van der Waals surface area (Å²) in [6, 6.07) is 13.6. The van der Waals surface area contributed by atoms with Crippen LogP contribution in [-0.4, -0.2) is 30.0 Å². The van der Waals surface area contributed by atoms with Gasteiger partial charge in [-0.25, -0.2) is 4.84 Å². The number of aromatic nitrogens is 1. The molecule has 1 unspecified atom stereocenters. The van der Waals surface area contributed by atoms with E-state index in [1.165, 1.54) is 0 Å². The lowest BCUT2D eigenvalue weighted by Gasteiger charge is -2.13. The monoisotopic (exact) mass is 317 g/mol. The zero-order valence-electron chi connectivity index (χ0n) is 11.9. The number of halogens is 1. The van der Waals surface area contributed by atoms with Crippen LogP contribution in [0.5, 0.6) is 5.75 Å². The number of para-hydroxylation sites is 1. The number of rotatable bonds is 6. The molecule has 0 saturated carbocycles. The Bertz CT molecular complexity index is 649. The molecule has 0 amide bonds. The second kappa shape index (κ2) is 7.24. The van der Waals surface area contributed by atoms with Crippen LogP contribution < -0.4 is 9.57 Å². The number of hydrogen-bond acceptors (Lipinski definition) is 5. The highest BCUT2D eigenvalue weighted by atomic mass is 35.5. The summed E-state index contributed by atoms with van der Waals surface area (Å²) < 4.78 is 5.91. The fourth-order valence-electron chi connectivity index (χ4n) is 2.27. The highest BCUT2D eigenvalue weighted by Crippen LogP contribution is 2.28. The predicted molar refractivity (Wildman–Crippen MR) is 85.9 cm³/mol. The molecule has 1 aliphatic heterocycles. The van der Waals surface area contributed by atoms with Crippen LogP contribution in [0.4, 0.5) is 0 Å². The summed E-state index contributed by atoms with van der Waals surface area (Å²) in [7, 11) is 0. The van der Waals surface area contributed by atoms with Crippen molar-refractivity contribution in [2.45, 2.75) is 12.5 Å². The molecule has 0 saturated heterocycles. The minimum absolute atomic E-state index is 0.0863. The van der Waals surface area contributed by atoms with Crippen LogP contribution in [0, 0.1) is 0 Å². The lowest BCUT2D eigenvalue weighted by Crippen LogP contribution is -2.21.